The number of benzene rings is 1. The molecule has 1 aliphatic rings. The Hall–Kier alpha value is -1.51. The molecule has 0 N–H and O–H groups in total. The SMILES string of the molecule is CCCCCCCCCCCCOC(=O)c1ccccc1OC1CCCCC1. The van der Waals surface area contributed by atoms with Crippen molar-refractivity contribution in [1.29, 1.82) is 0 Å². The van der Waals surface area contributed by atoms with Crippen molar-refractivity contribution in [3.8, 4) is 5.75 Å². The van der Waals surface area contributed by atoms with E-state index < -0.39 is 0 Å². The van der Waals surface area contributed by atoms with Crippen LogP contribution in [0.4, 0.5) is 0 Å². The first-order valence-electron chi connectivity index (χ1n) is 11.7. The fraction of sp³-hybridized carbons (Fsp3) is 0.720. The number of unbranched alkanes of at least 4 members (excludes halogenated alkanes) is 9. The first-order valence-corrected chi connectivity index (χ1v) is 11.7. The molecule has 0 amide bonds. The summed E-state index contributed by atoms with van der Waals surface area (Å²) in [7, 11) is 0. The first-order chi connectivity index (χ1) is 13.8. The number of carbonyl (C=O) groups excluding carboxylic acids is 1. The highest BCUT2D eigenvalue weighted by atomic mass is 16.5. The van der Waals surface area contributed by atoms with Crippen LogP contribution in [0.5, 0.6) is 5.75 Å². The molecule has 0 radical (unpaired) electrons. The highest BCUT2D eigenvalue weighted by molar-refractivity contribution is 5.92. The molecule has 0 saturated heterocycles. The summed E-state index contributed by atoms with van der Waals surface area (Å²) in [5.74, 6) is 0.435. The number of carbonyl (C=O) groups is 1. The van der Waals surface area contributed by atoms with Crippen molar-refractivity contribution >= 4 is 5.97 Å². The van der Waals surface area contributed by atoms with E-state index in [0.29, 0.717) is 17.9 Å². The van der Waals surface area contributed by atoms with Gasteiger partial charge in [0.25, 0.3) is 0 Å². The van der Waals surface area contributed by atoms with E-state index in [1.54, 1.807) is 0 Å². The van der Waals surface area contributed by atoms with Gasteiger partial charge in [-0.1, -0.05) is 83.3 Å². The van der Waals surface area contributed by atoms with Gasteiger partial charge in [-0.05, 0) is 44.2 Å². The van der Waals surface area contributed by atoms with Crippen molar-refractivity contribution < 1.29 is 14.3 Å². The Kier molecular flexibility index (Phi) is 11.8. The lowest BCUT2D eigenvalue weighted by molar-refractivity contribution is 0.0488. The molecule has 0 bridgehead atoms. The molecule has 1 saturated carbocycles. The second-order valence-electron chi connectivity index (χ2n) is 8.19. The fourth-order valence-electron chi connectivity index (χ4n) is 3.93. The van der Waals surface area contributed by atoms with Crippen LogP contribution >= 0.6 is 0 Å². The quantitative estimate of drug-likeness (QED) is 0.245. The predicted octanol–water partition coefficient (Wildman–Crippen LogP) is 7.48. The minimum absolute atomic E-state index is 0.240. The van der Waals surface area contributed by atoms with Gasteiger partial charge in [-0.15, -0.1) is 0 Å². The average molecular weight is 389 g/mol. The third kappa shape index (κ3) is 9.12. The van der Waals surface area contributed by atoms with E-state index in [4.69, 9.17) is 9.47 Å². The van der Waals surface area contributed by atoms with Gasteiger partial charge in [-0.25, -0.2) is 4.79 Å². The number of rotatable bonds is 14. The molecule has 1 aromatic rings. The molecule has 158 valence electrons. The van der Waals surface area contributed by atoms with E-state index in [9.17, 15) is 4.79 Å². The van der Waals surface area contributed by atoms with Crippen molar-refractivity contribution in [2.75, 3.05) is 6.61 Å². The molecule has 0 spiro atoms. The Balaban J connectivity index is 1.59. The van der Waals surface area contributed by atoms with Crippen LogP contribution in [0.1, 0.15) is 114 Å². The monoisotopic (exact) mass is 388 g/mol. The molecule has 0 aliphatic heterocycles. The van der Waals surface area contributed by atoms with Crippen molar-refractivity contribution in [3.05, 3.63) is 29.8 Å². The lowest BCUT2D eigenvalue weighted by atomic mass is 9.97. The van der Waals surface area contributed by atoms with Crippen molar-refractivity contribution in [1.82, 2.24) is 0 Å². The highest BCUT2D eigenvalue weighted by Gasteiger charge is 2.19. The van der Waals surface area contributed by atoms with Crippen LogP contribution in [0.3, 0.4) is 0 Å². The molecular formula is C25H40O3. The maximum atomic E-state index is 12.5. The summed E-state index contributed by atoms with van der Waals surface area (Å²) in [6.45, 7) is 2.77. The zero-order chi connectivity index (χ0) is 19.9. The smallest absolute Gasteiger partial charge is 0.341 e. The van der Waals surface area contributed by atoms with E-state index in [0.717, 1.165) is 25.7 Å². The van der Waals surface area contributed by atoms with Crippen LogP contribution in [-0.4, -0.2) is 18.7 Å². The molecule has 3 heteroatoms. The van der Waals surface area contributed by atoms with Gasteiger partial charge in [0.2, 0.25) is 0 Å². The Bertz CT molecular complexity index is 534. The summed E-state index contributed by atoms with van der Waals surface area (Å²) >= 11 is 0. The standard InChI is InChI=1S/C25H40O3/c1-2-3-4-5-6-7-8-9-10-16-21-27-25(26)23-19-14-15-20-24(23)28-22-17-12-11-13-18-22/h14-15,19-20,22H,2-13,16-18,21H2,1H3. The number of hydrogen-bond donors (Lipinski definition) is 0. The van der Waals surface area contributed by atoms with Gasteiger partial charge in [0, 0.05) is 0 Å². The molecule has 0 heterocycles. The van der Waals surface area contributed by atoms with E-state index in [1.807, 2.05) is 24.3 Å². The summed E-state index contributed by atoms with van der Waals surface area (Å²) < 4.78 is 11.6. The van der Waals surface area contributed by atoms with Gasteiger partial charge < -0.3 is 9.47 Å². The molecule has 3 nitrogen and oxygen atoms in total. The topological polar surface area (TPSA) is 35.5 Å². The van der Waals surface area contributed by atoms with Crippen molar-refractivity contribution in [2.24, 2.45) is 0 Å². The van der Waals surface area contributed by atoms with Crippen molar-refractivity contribution in [2.45, 2.75) is 109 Å². The van der Waals surface area contributed by atoms with Crippen LogP contribution in [0, 0.1) is 0 Å². The number of para-hydroxylation sites is 1. The Morgan fingerprint density at radius 1 is 0.857 bits per heavy atom. The van der Waals surface area contributed by atoms with Crippen LogP contribution in [0.25, 0.3) is 0 Å². The van der Waals surface area contributed by atoms with Gasteiger partial charge >= 0.3 is 5.97 Å². The van der Waals surface area contributed by atoms with Crippen molar-refractivity contribution in [3.63, 3.8) is 0 Å². The first kappa shape index (κ1) is 22.8. The average Bonchev–Trinajstić information content (AvgIpc) is 2.73. The second-order valence-corrected chi connectivity index (χ2v) is 8.19. The molecule has 1 aliphatic carbocycles. The third-order valence-corrected chi connectivity index (χ3v) is 5.68. The summed E-state index contributed by atoms with van der Waals surface area (Å²) in [5, 5.41) is 0. The summed E-state index contributed by atoms with van der Waals surface area (Å²) in [5.41, 5.74) is 0.570. The number of ether oxygens (including phenoxy) is 2. The molecule has 0 aromatic heterocycles. The van der Waals surface area contributed by atoms with Crippen LogP contribution < -0.4 is 4.74 Å². The number of hydrogen-bond acceptors (Lipinski definition) is 3. The summed E-state index contributed by atoms with van der Waals surface area (Å²) in [4.78, 5) is 12.5. The second kappa shape index (κ2) is 14.5. The largest absolute Gasteiger partial charge is 0.490 e. The van der Waals surface area contributed by atoms with E-state index in [1.165, 1.54) is 70.6 Å². The lowest BCUT2D eigenvalue weighted by Crippen LogP contribution is -2.21. The molecular weight excluding hydrogens is 348 g/mol. The predicted molar refractivity (Wildman–Crippen MR) is 116 cm³/mol. The highest BCUT2D eigenvalue weighted by Crippen LogP contribution is 2.26. The maximum Gasteiger partial charge on any atom is 0.341 e. The molecule has 28 heavy (non-hydrogen) atoms. The van der Waals surface area contributed by atoms with Gasteiger partial charge in [0.05, 0.1) is 12.7 Å². The zero-order valence-electron chi connectivity index (χ0n) is 17.9. The van der Waals surface area contributed by atoms with Crippen LogP contribution in [-0.2, 0) is 4.74 Å². The fourth-order valence-corrected chi connectivity index (χ4v) is 3.93. The van der Waals surface area contributed by atoms with Gasteiger partial charge in [-0.3, -0.25) is 0 Å². The van der Waals surface area contributed by atoms with Gasteiger partial charge in [0.15, 0.2) is 0 Å². The maximum absolute atomic E-state index is 12.5. The van der Waals surface area contributed by atoms with Gasteiger partial charge in [-0.2, -0.15) is 0 Å². The van der Waals surface area contributed by atoms with E-state index in [2.05, 4.69) is 6.92 Å². The minimum Gasteiger partial charge on any atom is -0.490 e. The van der Waals surface area contributed by atoms with Crippen LogP contribution in [0.2, 0.25) is 0 Å². The normalized spacial score (nSPS) is 14.8. The van der Waals surface area contributed by atoms with E-state index in [-0.39, 0.29) is 12.1 Å². The zero-order valence-corrected chi connectivity index (χ0v) is 17.9. The Labute approximate surface area is 172 Å². The number of esters is 1. The molecule has 2 rings (SSSR count). The Morgan fingerprint density at radius 2 is 1.46 bits per heavy atom. The molecule has 0 atom stereocenters. The molecule has 1 aromatic carbocycles. The van der Waals surface area contributed by atoms with E-state index >= 15 is 0 Å². The molecule has 1 fully saturated rings. The van der Waals surface area contributed by atoms with Crippen LogP contribution in [0.15, 0.2) is 24.3 Å². The lowest BCUT2D eigenvalue weighted by Gasteiger charge is -2.24. The third-order valence-electron chi connectivity index (χ3n) is 5.68. The minimum atomic E-state index is -0.248. The summed E-state index contributed by atoms with van der Waals surface area (Å²) in [6.07, 6.45) is 19.0. The van der Waals surface area contributed by atoms with Gasteiger partial charge in [0.1, 0.15) is 11.3 Å². The summed E-state index contributed by atoms with van der Waals surface area (Å²) in [6, 6.07) is 7.52. The molecule has 0 unspecified atom stereocenters. The Morgan fingerprint density at radius 3 is 2.14 bits per heavy atom.